The minimum absolute atomic E-state index is 0.197. The largest absolute Gasteiger partial charge is 0.413 e. The highest BCUT2D eigenvalue weighted by Crippen LogP contribution is 2.35. The highest BCUT2D eigenvalue weighted by atomic mass is 19.4. The van der Waals surface area contributed by atoms with Crippen LogP contribution in [-0.4, -0.2) is 29.8 Å². The van der Waals surface area contributed by atoms with Gasteiger partial charge in [0, 0.05) is 36.6 Å². The van der Waals surface area contributed by atoms with Crippen LogP contribution in [0.25, 0.3) is 0 Å². The van der Waals surface area contributed by atoms with Crippen LogP contribution in [0.2, 0.25) is 0 Å². The quantitative estimate of drug-likeness (QED) is 0.498. The molecule has 1 heterocycles. The molecule has 172 valence electrons. The molecule has 0 saturated heterocycles. The number of nitrogens with one attached hydrogen (secondary N) is 1. The number of hydrogen-bond acceptors (Lipinski definition) is 4. The Hall–Kier alpha value is -3.16. The standard InChI is InChI=1S/C25H27BF3N3O/c1-24(2,3)14-21(33)19(13-17-9-10-18(11-17)25(27,28)29)32-23-20(31-22(26)15-30-23)12-16-7-5-4-6-8-16/h4-10,13,15H,11-12,14,26H2,1-3H3,(H,30,32)/b19-13-. The second-order valence-electron chi connectivity index (χ2n) is 9.42. The van der Waals surface area contributed by atoms with Gasteiger partial charge in [0.05, 0.1) is 11.4 Å². The number of rotatable bonds is 7. The van der Waals surface area contributed by atoms with Crippen molar-refractivity contribution in [2.75, 3.05) is 5.32 Å². The molecular formula is C25H27BF3N3O. The van der Waals surface area contributed by atoms with Crippen molar-refractivity contribution in [3.8, 4) is 0 Å². The van der Waals surface area contributed by atoms with Crippen molar-refractivity contribution in [3.63, 3.8) is 0 Å². The molecule has 1 N–H and O–H groups in total. The van der Waals surface area contributed by atoms with E-state index in [0.717, 1.165) is 17.2 Å². The van der Waals surface area contributed by atoms with Gasteiger partial charge in [0.2, 0.25) is 0 Å². The van der Waals surface area contributed by atoms with E-state index in [9.17, 15) is 18.0 Å². The molecule has 2 aromatic rings. The molecule has 1 aromatic carbocycles. The number of anilines is 1. The van der Waals surface area contributed by atoms with E-state index in [-0.39, 0.29) is 29.7 Å². The molecule has 0 spiro atoms. The molecule has 0 bridgehead atoms. The van der Waals surface area contributed by atoms with Gasteiger partial charge in [-0.3, -0.25) is 9.78 Å². The third-order valence-corrected chi connectivity index (χ3v) is 5.01. The van der Waals surface area contributed by atoms with Crippen LogP contribution in [-0.2, 0) is 11.2 Å². The van der Waals surface area contributed by atoms with Gasteiger partial charge >= 0.3 is 6.18 Å². The third kappa shape index (κ3) is 7.17. The first-order valence-corrected chi connectivity index (χ1v) is 10.8. The first-order valence-electron chi connectivity index (χ1n) is 10.8. The van der Waals surface area contributed by atoms with Crippen LogP contribution in [0.1, 0.15) is 44.9 Å². The lowest BCUT2D eigenvalue weighted by Gasteiger charge is -2.20. The summed E-state index contributed by atoms with van der Waals surface area (Å²) in [6.45, 7) is 5.81. The van der Waals surface area contributed by atoms with E-state index < -0.39 is 11.7 Å². The lowest BCUT2D eigenvalue weighted by molar-refractivity contribution is -0.117. The fourth-order valence-electron chi connectivity index (χ4n) is 3.46. The number of alkyl halides is 3. The first kappa shape index (κ1) is 24.5. The summed E-state index contributed by atoms with van der Waals surface area (Å²) in [4.78, 5) is 22.2. The van der Waals surface area contributed by atoms with Crippen LogP contribution in [0.15, 0.2) is 71.6 Å². The fraction of sp³-hybridized carbons (Fsp3) is 0.320. The zero-order valence-corrected chi connectivity index (χ0v) is 19.3. The molecule has 0 saturated carbocycles. The summed E-state index contributed by atoms with van der Waals surface area (Å²) in [5.41, 5.74) is 2.13. The van der Waals surface area contributed by atoms with Gasteiger partial charge in [0.15, 0.2) is 19.4 Å². The van der Waals surface area contributed by atoms with Crippen molar-refractivity contribution in [3.05, 3.63) is 82.9 Å². The summed E-state index contributed by atoms with van der Waals surface area (Å²) in [5.74, 6) is 0.220. The summed E-state index contributed by atoms with van der Waals surface area (Å²) in [5, 5.41) is 3.09. The Morgan fingerprint density at radius 1 is 1.15 bits per heavy atom. The monoisotopic (exact) mass is 453 g/mol. The number of Topliss-reactive ketones (excluding diaryl/α,β-unsaturated/α-hetero) is 1. The maximum Gasteiger partial charge on any atom is 0.413 e. The van der Waals surface area contributed by atoms with Crippen molar-refractivity contribution in [1.82, 2.24) is 9.97 Å². The number of carbonyl (C=O) groups excluding carboxylic acids is 1. The SMILES string of the molecule is Bc1cnc(N/C(=C\C2=CC=C(C(F)(F)F)C2)C(=O)CC(C)(C)C)c(Cc2ccccc2)n1. The number of benzene rings is 1. The number of hydrogen-bond donors (Lipinski definition) is 1. The van der Waals surface area contributed by atoms with E-state index in [1.54, 1.807) is 6.20 Å². The van der Waals surface area contributed by atoms with E-state index >= 15 is 0 Å². The van der Waals surface area contributed by atoms with Gasteiger partial charge in [0.25, 0.3) is 0 Å². The normalized spacial score (nSPS) is 14.7. The Balaban J connectivity index is 1.92. The van der Waals surface area contributed by atoms with Crippen LogP contribution in [0.4, 0.5) is 19.0 Å². The zero-order chi connectivity index (χ0) is 24.2. The fourth-order valence-corrected chi connectivity index (χ4v) is 3.46. The van der Waals surface area contributed by atoms with E-state index in [0.29, 0.717) is 23.5 Å². The van der Waals surface area contributed by atoms with Crippen molar-refractivity contribution in [2.24, 2.45) is 5.41 Å². The number of carbonyl (C=O) groups is 1. The number of allylic oxidation sites excluding steroid dienone is 6. The van der Waals surface area contributed by atoms with E-state index in [1.807, 2.05) is 58.9 Å². The maximum atomic E-state index is 13.1. The summed E-state index contributed by atoms with van der Waals surface area (Å²) in [7, 11) is 1.83. The minimum atomic E-state index is -4.39. The predicted octanol–water partition coefficient (Wildman–Crippen LogP) is 4.45. The maximum absolute atomic E-state index is 13.1. The summed E-state index contributed by atoms with van der Waals surface area (Å²) < 4.78 is 39.2. The van der Waals surface area contributed by atoms with Crippen molar-refractivity contribution in [2.45, 2.75) is 46.2 Å². The molecule has 1 aliphatic carbocycles. The zero-order valence-electron chi connectivity index (χ0n) is 19.3. The molecule has 0 atom stereocenters. The molecule has 0 fully saturated rings. The van der Waals surface area contributed by atoms with Crippen LogP contribution in [0.3, 0.4) is 0 Å². The second-order valence-corrected chi connectivity index (χ2v) is 9.42. The smallest absolute Gasteiger partial charge is 0.336 e. The molecule has 0 unspecified atom stereocenters. The van der Waals surface area contributed by atoms with Crippen LogP contribution in [0, 0.1) is 5.41 Å². The van der Waals surface area contributed by atoms with Gasteiger partial charge in [-0.1, -0.05) is 63.3 Å². The van der Waals surface area contributed by atoms with Crippen molar-refractivity contribution >= 4 is 25.0 Å². The van der Waals surface area contributed by atoms with Crippen LogP contribution < -0.4 is 10.9 Å². The van der Waals surface area contributed by atoms with E-state index in [1.165, 1.54) is 12.2 Å². The molecule has 4 nitrogen and oxygen atoms in total. The number of nitrogens with zero attached hydrogens (tertiary/aromatic N) is 2. The topological polar surface area (TPSA) is 54.9 Å². The Morgan fingerprint density at radius 3 is 2.45 bits per heavy atom. The minimum Gasteiger partial charge on any atom is -0.336 e. The molecular weight excluding hydrogens is 426 g/mol. The van der Waals surface area contributed by atoms with Gasteiger partial charge in [0.1, 0.15) is 0 Å². The first-order chi connectivity index (χ1) is 15.4. The van der Waals surface area contributed by atoms with E-state index in [4.69, 9.17) is 0 Å². The number of halogens is 3. The van der Waals surface area contributed by atoms with Crippen LogP contribution in [0.5, 0.6) is 0 Å². The molecule has 33 heavy (non-hydrogen) atoms. The Kier molecular flexibility index (Phi) is 7.25. The van der Waals surface area contributed by atoms with Gasteiger partial charge in [-0.15, -0.1) is 0 Å². The summed E-state index contributed by atoms with van der Waals surface area (Å²) in [6.07, 6.45) is 1.63. The lowest BCUT2D eigenvalue weighted by atomic mass is 9.88. The molecule has 0 radical (unpaired) electrons. The molecule has 0 amide bonds. The van der Waals surface area contributed by atoms with Crippen molar-refractivity contribution < 1.29 is 18.0 Å². The molecule has 1 aromatic heterocycles. The average molecular weight is 453 g/mol. The average Bonchev–Trinajstić information content (AvgIpc) is 3.18. The van der Waals surface area contributed by atoms with Gasteiger partial charge in [-0.05, 0) is 22.6 Å². The molecule has 8 heteroatoms. The van der Waals surface area contributed by atoms with Crippen molar-refractivity contribution in [1.29, 1.82) is 0 Å². The Bertz CT molecular complexity index is 1110. The number of ketones is 1. The summed E-state index contributed by atoms with van der Waals surface area (Å²) >= 11 is 0. The van der Waals surface area contributed by atoms with Crippen LogP contribution >= 0.6 is 0 Å². The molecule has 1 aliphatic rings. The molecule has 0 aliphatic heterocycles. The Labute approximate surface area is 193 Å². The molecule has 3 rings (SSSR count). The van der Waals surface area contributed by atoms with Gasteiger partial charge < -0.3 is 5.32 Å². The van der Waals surface area contributed by atoms with Gasteiger partial charge in [-0.25, -0.2) is 4.98 Å². The second kappa shape index (κ2) is 9.77. The highest BCUT2D eigenvalue weighted by Gasteiger charge is 2.35. The van der Waals surface area contributed by atoms with E-state index in [2.05, 4.69) is 15.3 Å². The number of aromatic nitrogens is 2. The predicted molar refractivity (Wildman–Crippen MR) is 127 cm³/mol. The lowest BCUT2D eigenvalue weighted by Crippen LogP contribution is -2.22. The Morgan fingerprint density at radius 2 is 1.85 bits per heavy atom. The third-order valence-electron chi connectivity index (χ3n) is 5.01. The highest BCUT2D eigenvalue weighted by molar-refractivity contribution is 6.30. The summed E-state index contributed by atoms with van der Waals surface area (Å²) in [6, 6.07) is 9.74. The van der Waals surface area contributed by atoms with Gasteiger partial charge in [-0.2, -0.15) is 13.2 Å².